The standard InChI is InChI=1S/C13H14ClN3O/c1-9-7-12(14)17-13(16-9)8-18-11-5-3-10(15-2)4-6-11/h3-7,15H,8H2,1-2H3. The molecular weight excluding hydrogens is 250 g/mol. The van der Waals surface area contributed by atoms with Gasteiger partial charge in [-0.1, -0.05) is 11.6 Å². The van der Waals surface area contributed by atoms with E-state index in [-0.39, 0.29) is 0 Å². The molecule has 1 heterocycles. The molecule has 0 unspecified atom stereocenters. The van der Waals surface area contributed by atoms with Crippen molar-refractivity contribution in [3.05, 3.63) is 47.0 Å². The zero-order valence-corrected chi connectivity index (χ0v) is 11.0. The highest BCUT2D eigenvalue weighted by molar-refractivity contribution is 6.29. The van der Waals surface area contributed by atoms with Gasteiger partial charge in [0.15, 0.2) is 5.82 Å². The van der Waals surface area contributed by atoms with Crippen molar-refractivity contribution in [3.63, 3.8) is 0 Å². The number of aromatic nitrogens is 2. The first-order valence-electron chi connectivity index (χ1n) is 5.58. The number of halogens is 1. The van der Waals surface area contributed by atoms with Gasteiger partial charge < -0.3 is 10.1 Å². The van der Waals surface area contributed by atoms with Crippen LogP contribution in [0, 0.1) is 6.92 Å². The van der Waals surface area contributed by atoms with Crippen LogP contribution < -0.4 is 10.1 Å². The summed E-state index contributed by atoms with van der Waals surface area (Å²) in [4.78, 5) is 8.35. The quantitative estimate of drug-likeness (QED) is 0.862. The number of aryl methyl sites for hydroxylation is 1. The van der Waals surface area contributed by atoms with E-state index in [1.54, 1.807) is 6.07 Å². The molecule has 0 amide bonds. The Morgan fingerprint density at radius 3 is 2.56 bits per heavy atom. The zero-order valence-electron chi connectivity index (χ0n) is 10.3. The van der Waals surface area contributed by atoms with Crippen LogP contribution in [0.4, 0.5) is 5.69 Å². The highest BCUT2D eigenvalue weighted by Crippen LogP contribution is 2.16. The summed E-state index contributed by atoms with van der Waals surface area (Å²) >= 11 is 5.86. The van der Waals surface area contributed by atoms with Gasteiger partial charge in [-0.2, -0.15) is 0 Å². The van der Waals surface area contributed by atoms with E-state index in [4.69, 9.17) is 16.3 Å². The summed E-state index contributed by atoms with van der Waals surface area (Å²) in [5.74, 6) is 1.35. The van der Waals surface area contributed by atoms with Gasteiger partial charge in [0.1, 0.15) is 17.5 Å². The maximum atomic E-state index is 5.86. The largest absolute Gasteiger partial charge is 0.486 e. The lowest BCUT2D eigenvalue weighted by Crippen LogP contribution is -2.02. The van der Waals surface area contributed by atoms with Gasteiger partial charge in [0.2, 0.25) is 0 Å². The highest BCUT2D eigenvalue weighted by atomic mass is 35.5. The van der Waals surface area contributed by atoms with Crippen molar-refractivity contribution >= 4 is 17.3 Å². The summed E-state index contributed by atoms with van der Waals surface area (Å²) in [5, 5.41) is 3.48. The molecule has 2 rings (SSSR count). The summed E-state index contributed by atoms with van der Waals surface area (Å²) in [7, 11) is 1.87. The second-order valence-electron chi connectivity index (χ2n) is 3.81. The van der Waals surface area contributed by atoms with Gasteiger partial charge in [0.25, 0.3) is 0 Å². The fourth-order valence-corrected chi connectivity index (χ4v) is 1.77. The van der Waals surface area contributed by atoms with Crippen molar-refractivity contribution < 1.29 is 4.74 Å². The van der Waals surface area contributed by atoms with Crippen LogP contribution in [0.3, 0.4) is 0 Å². The Kier molecular flexibility index (Phi) is 3.99. The fraction of sp³-hybridized carbons (Fsp3) is 0.231. The minimum absolute atomic E-state index is 0.306. The molecule has 0 saturated heterocycles. The van der Waals surface area contributed by atoms with E-state index in [0.717, 1.165) is 17.1 Å². The molecular formula is C13H14ClN3O. The van der Waals surface area contributed by atoms with Crippen molar-refractivity contribution in [3.8, 4) is 5.75 Å². The fourth-order valence-electron chi connectivity index (χ4n) is 1.52. The molecule has 0 aliphatic carbocycles. The third-order valence-electron chi connectivity index (χ3n) is 2.38. The predicted molar refractivity (Wildman–Crippen MR) is 72.1 cm³/mol. The molecule has 0 fully saturated rings. The lowest BCUT2D eigenvalue weighted by atomic mass is 10.3. The van der Waals surface area contributed by atoms with Crippen molar-refractivity contribution in [1.29, 1.82) is 0 Å². The number of nitrogens with one attached hydrogen (secondary N) is 1. The lowest BCUT2D eigenvalue weighted by Gasteiger charge is -2.07. The van der Waals surface area contributed by atoms with E-state index in [0.29, 0.717) is 17.6 Å². The number of ether oxygens (including phenoxy) is 1. The summed E-state index contributed by atoms with van der Waals surface area (Å²) in [5.41, 5.74) is 1.87. The number of benzene rings is 1. The minimum atomic E-state index is 0.306. The van der Waals surface area contributed by atoms with Crippen LogP contribution >= 0.6 is 11.6 Å². The predicted octanol–water partition coefficient (Wildman–Crippen LogP) is 3.06. The van der Waals surface area contributed by atoms with Gasteiger partial charge in [0, 0.05) is 18.4 Å². The van der Waals surface area contributed by atoms with Crippen LogP contribution in [-0.2, 0) is 6.61 Å². The van der Waals surface area contributed by atoms with Crippen LogP contribution in [0.1, 0.15) is 11.5 Å². The molecule has 18 heavy (non-hydrogen) atoms. The average molecular weight is 264 g/mol. The summed E-state index contributed by atoms with van der Waals surface area (Å²) in [6.45, 7) is 2.18. The van der Waals surface area contributed by atoms with Crippen molar-refractivity contribution in [2.75, 3.05) is 12.4 Å². The van der Waals surface area contributed by atoms with Crippen LogP contribution in [0.25, 0.3) is 0 Å². The van der Waals surface area contributed by atoms with Crippen molar-refractivity contribution in [1.82, 2.24) is 9.97 Å². The molecule has 0 spiro atoms. The van der Waals surface area contributed by atoms with Gasteiger partial charge in [-0.3, -0.25) is 0 Å². The Hall–Kier alpha value is -1.81. The number of nitrogens with zero attached hydrogens (tertiary/aromatic N) is 2. The average Bonchev–Trinajstić information content (AvgIpc) is 2.36. The molecule has 0 aliphatic rings. The first-order valence-corrected chi connectivity index (χ1v) is 5.96. The van der Waals surface area contributed by atoms with Crippen LogP contribution in [0.5, 0.6) is 5.75 Å². The molecule has 0 radical (unpaired) electrons. The molecule has 0 atom stereocenters. The molecule has 0 aliphatic heterocycles. The van der Waals surface area contributed by atoms with E-state index in [2.05, 4.69) is 15.3 Å². The van der Waals surface area contributed by atoms with Crippen LogP contribution in [0.2, 0.25) is 5.15 Å². The molecule has 4 nitrogen and oxygen atoms in total. The maximum absolute atomic E-state index is 5.86. The van der Waals surface area contributed by atoms with Gasteiger partial charge in [0.05, 0.1) is 0 Å². The molecule has 1 aromatic heterocycles. The molecule has 5 heteroatoms. The van der Waals surface area contributed by atoms with E-state index in [1.807, 2.05) is 38.2 Å². The molecule has 0 bridgehead atoms. The third-order valence-corrected chi connectivity index (χ3v) is 2.57. The first kappa shape index (κ1) is 12.6. The number of rotatable bonds is 4. The molecule has 2 aromatic rings. The van der Waals surface area contributed by atoms with Gasteiger partial charge in [-0.15, -0.1) is 0 Å². The summed E-state index contributed by atoms with van der Waals surface area (Å²) < 4.78 is 5.59. The minimum Gasteiger partial charge on any atom is -0.486 e. The summed E-state index contributed by atoms with van der Waals surface area (Å²) in [6, 6.07) is 9.39. The zero-order chi connectivity index (χ0) is 13.0. The van der Waals surface area contributed by atoms with Crippen LogP contribution in [-0.4, -0.2) is 17.0 Å². The monoisotopic (exact) mass is 263 g/mol. The lowest BCUT2D eigenvalue weighted by molar-refractivity contribution is 0.295. The second-order valence-corrected chi connectivity index (χ2v) is 4.20. The number of hydrogen-bond donors (Lipinski definition) is 1. The van der Waals surface area contributed by atoms with Gasteiger partial charge in [-0.05, 0) is 37.3 Å². The highest BCUT2D eigenvalue weighted by Gasteiger charge is 2.02. The topological polar surface area (TPSA) is 47.0 Å². The Balaban J connectivity index is 2.01. The Labute approximate surface area is 111 Å². The Bertz CT molecular complexity index is 508. The first-order chi connectivity index (χ1) is 8.67. The summed E-state index contributed by atoms with van der Waals surface area (Å²) in [6.07, 6.45) is 0. The molecule has 1 aromatic carbocycles. The van der Waals surface area contributed by atoms with E-state index < -0.39 is 0 Å². The van der Waals surface area contributed by atoms with E-state index in [1.165, 1.54) is 0 Å². The van der Waals surface area contributed by atoms with Crippen molar-refractivity contribution in [2.45, 2.75) is 13.5 Å². The SMILES string of the molecule is CNc1ccc(OCc2nc(C)cc(Cl)n2)cc1. The normalized spacial score (nSPS) is 10.2. The van der Waals surface area contributed by atoms with E-state index in [9.17, 15) is 0 Å². The van der Waals surface area contributed by atoms with Gasteiger partial charge >= 0.3 is 0 Å². The number of hydrogen-bond acceptors (Lipinski definition) is 4. The molecule has 94 valence electrons. The molecule has 1 N–H and O–H groups in total. The Morgan fingerprint density at radius 1 is 1.22 bits per heavy atom. The molecule has 0 saturated carbocycles. The Morgan fingerprint density at radius 2 is 1.94 bits per heavy atom. The van der Waals surface area contributed by atoms with E-state index >= 15 is 0 Å². The second kappa shape index (κ2) is 5.69. The maximum Gasteiger partial charge on any atom is 0.167 e. The number of anilines is 1. The third kappa shape index (κ3) is 3.34. The van der Waals surface area contributed by atoms with Crippen LogP contribution in [0.15, 0.2) is 30.3 Å². The smallest absolute Gasteiger partial charge is 0.167 e. The van der Waals surface area contributed by atoms with Gasteiger partial charge in [-0.25, -0.2) is 9.97 Å². The van der Waals surface area contributed by atoms with Crippen molar-refractivity contribution in [2.24, 2.45) is 0 Å².